The predicted molar refractivity (Wildman–Crippen MR) is 128 cm³/mol. The number of nitrogens with one attached hydrogen (secondary N) is 3. The number of phenolic OH excluding ortho intramolecular Hbond substituents is 1. The number of carboxylic acids is 1. The monoisotopic (exact) mass is 499 g/mol. The third-order valence-electron chi connectivity index (χ3n) is 5.11. The maximum absolute atomic E-state index is 12.8. The summed E-state index contributed by atoms with van der Waals surface area (Å²) in [5.74, 6) is -4.28. The summed E-state index contributed by atoms with van der Waals surface area (Å²) in [7, 11) is 0. The Hall–Kier alpha value is -4.45. The van der Waals surface area contributed by atoms with Crippen LogP contribution in [0, 0.1) is 0 Å². The van der Waals surface area contributed by atoms with Crippen LogP contribution in [0.2, 0.25) is 0 Å². The minimum Gasteiger partial charge on any atom is -0.508 e. The largest absolute Gasteiger partial charge is 0.508 e. The van der Waals surface area contributed by atoms with E-state index in [0.717, 1.165) is 0 Å². The maximum atomic E-state index is 12.8. The molecule has 9 N–H and O–H groups in total. The van der Waals surface area contributed by atoms with Crippen LogP contribution in [-0.4, -0.2) is 64.5 Å². The van der Waals surface area contributed by atoms with Gasteiger partial charge in [0.15, 0.2) is 0 Å². The molecule has 3 atom stereocenters. The fourth-order valence-electron chi connectivity index (χ4n) is 3.25. The van der Waals surface area contributed by atoms with Gasteiger partial charge in [-0.15, -0.1) is 0 Å². The first-order chi connectivity index (χ1) is 17.0. The van der Waals surface area contributed by atoms with Crippen LogP contribution in [0.4, 0.5) is 0 Å². The Morgan fingerprint density at radius 3 is 1.97 bits per heavy atom. The molecule has 2 rings (SSSR count). The Morgan fingerprint density at radius 2 is 1.39 bits per heavy atom. The summed E-state index contributed by atoms with van der Waals surface area (Å²) in [6.45, 7) is -0.549. The Labute approximate surface area is 207 Å². The number of carbonyl (C=O) groups excluding carboxylic acids is 4. The molecule has 0 heterocycles. The fraction of sp³-hybridized carbons (Fsp3) is 0.292. The minimum absolute atomic E-state index is 0.0186. The topological polar surface area (TPSA) is 214 Å². The van der Waals surface area contributed by atoms with Gasteiger partial charge in [-0.25, -0.2) is 4.79 Å². The highest BCUT2D eigenvalue weighted by Gasteiger charge is 2.26. The fourth-order valence-corrected chi connectivity index (χ4v) is 3.25. The lowest BCUT2D eigenvalue weighted by Crippen LogP contribution is -2.54. The number of nitrogens with two attached hydrogens (primary N) is 2. The molecule has 0 saturated heterocycles. The lowest BCUT2D eigenvalue weighted by atomic mass is 10.0. The van der Waals surface area contributed by atoms with Crippen molar-refractivity contribution < 1.29 is 34.2 Å². The standard InChI is InChI=1S/C24H29N5O7/c25-17(12-20(26)31)22(33)29-18(10-14-4-2-1-3-5-14)23(34)27-13-21(32)28-19(24(35)36)11-15-6-8-16(30)9-7-15/h1-9,17-19,30H,10-13,25H2,(H2,26,31)(H,27,34)(H,28,32)(H,29,33)(H,35,36). The number of hydrogen-bond donors (Lipinski definition) is 7. The molecule has 4 amide bonds. The molecule has 0 bridgehead atoms. The zero-order valence-electron chi connectivity index (χ0n) is 19.3. The molecular formula is C24H29N5O7. The first-order valence-electron chi connectivity index (χ1n) is 11.0. The SMILES string of the molecule is NC(=O)CC(N)C(=O)NC(Cc1ccccc1)C(=O)NCC(=O)NC(Cc1ccc(O)cc1)C(=O)O. The number of rotatable bonds is 13. The number of hydrogen-bond acceptors (Lipinski definition) is 7. The lowest BCUT2D eigenvalue weighted by molar-refractivity contribution is -0.141. The van der Waals surface area contributed by atoms with Crippen molar-refractivity contribution in [3.63, 3.8) is 0 Å². The van der Waals surface area contributed by atoms with Crippen LogP contribution in [0.25, 0.3) is 0 Å². The first-order valence-corrected chi connectivity index (χ1v) is 11.0. The number of phenols is 1. The summed E-state index contributed by atoms with van der Waals surface area (Å²) < 4.78 is 0. The van der Waals surface area contributed by atoms with Crippen LogP contribution in [0.5, 0.6) is 5.75 Å². The average molecular weight is 500 g/mol. The number of amides is 4. The highest BCUT2D eigenvalue weighted by Crippen LogP contribution is 2.11. The van der Waals surface area contributed by atoms with E-state index in [9.17, 15) is 34.2 Å². The van der Waals surface area contributed by atoms with Gasteiger partial charge in [-0.2, -0.15) is 0 Å². The molecule has 3 unspecified atom stereocenters. The van der Waals surface area contributed by atoms with E-state index in [-0.39, 0.29) is 18.6 Å². The van der Waals surface area contributed by atoms with Crippen molar-refractivity contribution in [2.24, 2.45) is 11.5 Å². The Balaban J connectivity index is 2.00. The van der Waals surface area contributed by atoms with Gasteiger partial charge in [0.05, 0.1) is 19.0 Å². The molecule has 0 radical (unpaired) electrons. The number of carboxylic acid groups (broad SMARTS) is 1. The van der Waals surface area contributed by atoms with Crippen molar-refractivity contribution in [3.8, 4) is 5.75 Å². The van der Waals surface area contributed by atoms with Gasteiger partial charge in [0.25, 0.3) is 0 Å². The van der Waals surface area contributed by atoms with Crippen molar-refractivity contribution >= 4 is 29.6 Å². The second-order valence-corrected chi connectivity index (χ2v) is 8.07. The van der Waals surface area contributed by atoms with Gasteiger partial charge < -0.3 is 37.6 Å². The van der Waals surface area contributed by atoms with Crippen LogP contribution in [0.3, 0.4) is 0 Å². The van der Waals surface area contributed by atoms with Gasteiger partial charge in [-0.05, 0) is 23.3 Å². The summed E-state index contributed by atoms with van der Waals surface area (Å²) >= 11 is 0. The van der Waals surface area contributed by atoms with Crippen LogP contribution in [0.1, 0.15) is 17.5 Å². The zero-order chi connectivity index (χ0) is 26.7. The van der Waals surface area contributed by atoms with E-state index in [2.05, 4.69) is 16.0 Å². The molecule has 2 aromatic rings. The van der Waals surface area contributed by atoms with E-state index in [1.54, 1.807) is 30.3 Å². The van der Waals surface area contributed by atoms with E-state index < -0.39 is 60.7 Å². The van der Waals surface area contributed by atoms with Crippen molar-refractivity contribution in [3.05, 3.63) is 65.7 Å². The summed E-state index contributed by atoms with van der Waals surface area (Å²) in [5, 5.41) is 26.0. The average Bonchev–Trinajstić information content (AvgIpc) is 2.83. The molecule has 2 aromatic carbocycles. The number of primary amides is 1. The molecule has 36 heavy (non-hydrogen) atoms. The minimum atomic E-state index is -1.28. The van der Waals surface area contributed by atoms with Crippen LogP contribution >= 0.6 is 0 Å². The lowest BCUT2D eigenvalue weighted by Gasteiger charge is -2.21. The smallest absolute Gasteiger partial charge is 0.326 e. The molecule has 12 heteroatoms. The summed E-state index contributed by atoms with van der Waals surface area (Å²) in [6, 6.07) is 10.9. The maximum Gasteiger partial charge on any atom is 0.326 e. The highest BCUT2D eigenvalue weighted by atomic mass is 16.4. The van der Waals surface area contributed by atoms with Crippen molar-refractivity contribution in [2.75, 3.05) is 6.54 Å². The van der Waals surface area contributed by atoms with E-state index in [0.29, 0.717) is 11.1 Å². The van der Waals surface area contributed by atoms with E-state index >= 15 is 0 Å². The normalized spacial score (nSPS) is 13.0. The Kier molecular flexibility index (Phi) is 10.4. The van der Waals surface area contributed by atoms with Crippen LogP contribution in [0.15, 0.2) is 54.6 Å². The third kappa shape index (κ3) is 9.43. The van der Waals surface area contributed by atoms with E-state index in [1.165, 1.54) is 24.3 Å². The van der Waals surface area contributed by atoms with Gasteiger partial charge in [-0.3, -0.25) is 19.2 Å². The third-order valence-corrected chi connectivity index (χ3v) is 5.11. The number of benzene rings is 2. The molecule has 0 aliphatic carbocycles. The molecule has 0 spiro atoms. The number of aliphatic carboxylic acids is 1. The van der Waals surface area contributed by atoms with E-state index in [1.807, 2.05) is 0 Å². The molecule has 192 valence electrons. The molecule has 0 aliphatic rings. The second kappa shape index (κ2) is 13.4. The van der Waals surface area contributed by atoms with Crippen LogP contribution in [-0.2, 0) is 36.8 Å². The molecule has 12 nitrogen and oxygen atoms in total. The second-order valence-electron chi connectivity index (χ2n) is 8.07. The predicted octanol–water partition coefficient (Wildman–Crippen LogP) is -1.45. The van der Waals surface area contributed by atoms with Gasteiger partial charge in [0.1, 0.15) is 17.8 Å². The van der Waals surface area contributed by atoms with Gasteiger partial charge in [-0.1, -0.05) is 42.5 Å². The summed E-state index contributed by atoms with van der Waals surface area (Å²) in [5.41, 5.74) is 12.0. The number of aromatic hydroxyl groups is 1. The molecular weight excluding hydrogens is 470 g/mol. The van der Waals surface area contributed by atoms with Crippen molar-refractivity contribution in [2.45, 2.75) is 37.4 Å². The molecule has 0 aromatic heterocycles. The van der Waals surface area contributed by atoms with Crippen LogP contribution < -0.4 is 27.4 Å². The molecule has 0 aliphatic heterocycles. The molecule has 0 saturated carbocycles. The van der Waals surface area contributed by atoms with Crippen molar-refractivity contribution in [1.29, 1.82) is 0 Å². The van der Waals surface area contributed by atoms with Gasteiger partial charge in [0.2, 0.25) is 23.6 Å². The van der Waals surface area contributed by atoms with Gasteiger partial charge >= 0.3 is 5.97 Å². The Bertz CT molecular complexity index is 1080. The number of carbonyl (C=O) groups is 5. The summed E-state index contributed by atoms with van der Waals surface area (Å²) in [6.07, 6.45) is -0.382. The zero-order valence-corrected chi connectivity index (χ0v) is 19.3. The Morgan fingerprint density at radius 1 is 0.806 bits per heavy atom. The molecule has 0 fully saturated rings. The summed E-state index contributed by atoms with van der Waals surface area (Å²) in [4.78, 5) is 60.1. The quantitative estimate of drug-likeness (QED) is 0.173. The first kappa shape index (κ1) is 27.8. The van der Waals surface area contributed by atoms with E-state index in [4.69, 9.17) is 11.5 Å². The highest BCUT2D eigenvalue weighted by molar-refractivity contribution is 5.94. The van der Waals surface area contributed by atoms with Gasteiger partial charge in [0, 0.05) is 12.8 Å². The van der Waals surface area contributed by atoms with Crippen molar-refractivity contribution in [1.82, 2.24) is 16.0 Å².